The van der Waals surface area contributed by atoms with Gasteiger partial charge in [0.25, 0.3) is 10.0 Å². The van der Waals surface area contributed by atoms with Gasteiger partial charge in [0.15, 0.2) is 0 Å². The zero-order valence-electron chi connectivity index (χ0n) is 19.5. The summed E-state index contributed by atoms with van der Waals surface area (Å²) in [4.78, 5) is 27.4. The predicted molar refractivity (Wildman–Crippen MR) is 143 cm³/mol. The fourth-order valence-electron chi connectivity index (χ4n) is 3.50. The lowest BCUT2D eigenvalue weighted by Gasteiger charge is -2.32. The molecule has 0 saturated heterocycles. The Balaban J connectivity index is 2.06. The number of carbonyl (C=O) groups is 2. The third kappa shape index (κ3) is 6.31. The molecule has 1 unspecified atom stereocenters. The summed E-state index contributed by atoms with van der Waals surface area (Å²) in [5, 5.41) is 3.16. The Bertz CT molecular complexity index is 1340. The van der Waals surface area contributed by atoms with E-state index in [0.29, 0.717) is 10.6 Å². The van der Waals surface area contributed by atoms with Gasteiger partial charge in [-0.15, -0.1) is 0 Å². The largest absolute Gasteiger partial charge is 0.357 e. The summed E-state index contributed by atoms with van der Waals surface area (Å²) in [7, 11) is -2.77. The maximum atomic E-state index is 13.7. The van der Waals surface area contributed by atoms with Crippen LogP contribution in [0, 0.1) is 0 Å². The number of amides is 2. The van der Waals surface area contributed by atoms with Crippen LogP contribution in [0.25, 0.3) is 0 Å². The van der Waals surface area contributed by atoms with E-state index in [1.165, 1.54) is 36.2 Å². The van der Waals surface area contributed by atoms with Crippen LogP contribution in [0.15, 0.2) is 77.7 Å². The third-order valence-corrected chi connectivity index (χ3v) is 8.32. The number of nitrogens with one attached hydrogen (secondary N) is 1. The van der Waals surface area contributed by atoms with Crippen molar-refractivity contribution in [2.75, 3.05) is 17.9 Å². The molecular weight excluding hydrogens is 545 g/mol. The second-order valence-corrected chi connectivity index (χ2v) is 10.9. The van der Waals surface area contributed by atoms with Crippen molar-refractivity contribution in [2.45, 2.75) is 24.4 Å². The van der Waals surface area contributed by atoms with Gasteiger partial charge in [-0.1, -0.05) is 71.2 Å². The van der Waals surface area contributed by atoms with Gasteiger partial charge in [0.05, 0.1) is 20.6 Å². The molecule has 3 rings (SSSR count). The minimum Gasteiger partial charge on any atom is -0.357 e. The molecule has 0 aliphatic carbocycles. The first kappa shape index (κ1) is 27.8. The predicted octanol–water partition coefficient (Wildman–Crippen LogP) is 5.01. The number of benzene rings is 3. The summed E-state index contributed by atoms with van der Waals surface area (Å²) in [5.74, 6) is -1.02. The molecule has 0 aromatic heterocycles. The normalized spacial score (nSPS) is 12.0. The van der Waals surface area contributed by atoms with Crippen LogP contribution >= 0.6 is 34.8 Å². The lowest BCUT2D eigenvalue weighted by atomic mass is 10.1. The molecule has 0 fully saturated rings. The van der Waals surface area contributed by atoms with Crippen LogP contribution in [0.4, 0.5) is 5.69 Å². The van der Waals surface area contributed by atoms with Gasteiger partial charge in [0.2, 0.25) is 11.8 Å². The summed E-state index contributed by atoms with van der Waals surface area (Å²) >= 11 is 18.5. The molecule has 1 N–H and O–H groups in total. The highest BCUT2D eigenvalue weighted by molar-refractivity contribution is 7.92. The Morgan fingerprint density at radius 1 is 0.917 bits per heavy atom. The van der Waals surface area contributed by atoms with Crippen LogP contribution in [0.5, 0.6) is 0 Å². The lowest BCUT2D eigenvalue weighted by Crippen LogP contribution is -2.50. The highest BCUT2D eigenvalue weighted by Crippen LogP contribution is 2.35. The summed E-state index contributed by atoms with van der Waals surface area (Å²) in [5.41, 5.74) is 0.752. The monoisotopic (exact) mass is 567 g/mol. The van der Waals surface area contributed by atoms with Crippen molar-refractivity contribution >= 4 is 62.3 Å². The van der Waals surface area contributed by atoms with Gasteiger partial charge in [0, 0.05) is 18.6 Å². The van der Waals surface area contributed by atoms with Crippen LogP contribution in [0.1, 0.15) is 12.5 Å². The molecular formula is C25H24Cl3N3O4S. The molecule has 3 aromatic carbocycles. The Kier molecular flexibility index (Phi) is 9.24. The first-order valence-electron chi connectivity index (χ1n) is 10.8. The van der Waals surface area contributed by atoms with Gasteiger partial charge in [-0.05, 0) is 48.9 Å². The van der Waals surface area contributed by atoms with E-state index in [9.17, 15) is 18.0 Å². The van der Waals surface area contributed by atoms with E-state index >= 15 is 0 Å². The van der Waals surface area contributed by atoms with Crippen molar-refractivity contribution in [1.82, 2.24) is 10.2 Å². The van der Waals surface area contributed by atoms with Crippen LogP contribution in [0.2, 0.25) is 15.1 Å². The summed E-state index contributed by atoms with van der Waals surface area (Å²) in [6.07, 6.45) is 0. The van der Waals surface area contributed by atoms with E-state index in [1.54, 1.807) is 55.5 Å². The van der Waals surface area contributed by atoms with Crippen LogP contribution in [-0.2, 0) is 26.2 Å². The SMILES string of the molecule is CNC(=O)C(C)N(Cc1ccc(Cl)cc1)C(=O)CN(c1cccc(Cl)c1Cl)S(=O)(=O)c1ccccc1. The fourth-order valence-corrected chi connectivity index (χ4v) is 5.52. The van der Waals surface area contributed by atoms with E-state index in [1.807, 2.05) is 0 Å². The summed E-state index contributed by atoms with van der Waals surface area (Å²) in [6.45, 7) is 0.994. The number of halogens is 3. The molecule has 190 valence electrons. The number of carbonyl (C=O) groups excluding carboxylic acids is 2. The molecule has 0 saturated carbocycles. The van der Waals surface area contributed by atoms with Crippen molar-refractivity contribution in [3.8, 4) is 0 Å². The van der Waals surface area contributed by atoms with Crippen molar-refractivity contribution in [3.63, 3.8) is 0 Å². The molecule has 0 heterocycles. The number of hydrogen-bond acceptors (Lipinski definition) is 4. The number of nitrogens with zero attached hydrogens (tertiary/aromatic N) is 2. The molecule has 0 radical (unpaired) electrons. The van der Waals surface area contributed by atoms with Crippen LogP contribution in [0.3, 0.4) is 0 Å². The first-order valence-corrected chi connectivity index (χ1v) is 13.4. The quantitative estimate of drug-likeness (QED) is 0.393. The smallest absolute Gasteiger partial charge is 0.264 e. The van der Waals surface area contributed by atoms with Gasteiger partial charge in [-0.25, -0.2) is 8.42 Å². The Morgan fingerprint density at radius 2 is 1.56 bits per heavy atom. The topological polar surface area (TPSA) is 86.8 Å². The Labute approximate surface area is 225 Å². The lowest BCUT2D eigenvalue weighted by molar-refractivity contribution is -0.139. The second kappa shape index (κ2) is 12.0. The van der Waals surface area contributed by atoms with Crippen LogP contribution in [-0.4, -0.2) is 44.8 Å². The van der Waals surface area contributed by atoms with Gasteiger partial charge < -0.3 is 10.2 Å². The number of anilines is 1. The van der Waals surface area contributed by atoms with E-state index < -0.39 is 34.4 Å². The second-order valence-electron chi connectivity index (χ2n) is 7.84. The van der Waals surface area contributed by atoms with E-state index in [2.05, 4.69) is 5.32 Å². The van der Waals surface area contributed by atoms with Crippen molar-refractivity contribution in [2.24, 2.45) is 0 Å². The summed E-state index contributed by atoms with van der Waals surface area (Å²) in [6, 6.07) is 18.1. The molecule has 11 heteroatoms. The maximum Gasteiger partial charge on any atom is 0.264 e. The van der Waals surface area contributed by atoms with Crippen molar-refractivity contribution in [3.05, 3.63) is 93.4 Å². The first-order chi connectivity index (χ1) is 17.1. The number of sulfonamides is 1. The Morgan fingerprint density at radius 3 is 2.17 bits per heavy atom. The molecule has 7 nitrogen and oxygen atoms in total. The average molecular weight is 569 g/mol. The zero-order chi connectivity index (χ0) is 26.5. The number of rotatable bonds is 9. The minimum atomic E-state index is -4.23. The molecule has 0 bridgehead atoms. The van der Waals surface area contributed by atoms with E-state index in [0.717, 1.165) is 4.31 Å². The molecule has 2 amide bonds. The molecule has 0 aliphatic heterocycles. The highest BCUT2D eigenvalue weighted by atomic mass is 35.5. The third-order valence-electron chi connectivity index (χ3n) is 5.49. The van der Waals surface area contributed by atoms with Crippen molar-refractivity contribution in [1.29, 1.82) is 0 Å². The van der Waals surface area contributed by atoms with Gasteiger partial charge in [-0.2, -0.15) is 0 Å². The standard InChI is InChI=1S/C25H24Cl3N3O4S/c1-17(25(33)29-2)30(15-18-11-13-19(26)14-12-18)23(32)16-31(22-10-6-9-21(27)24(22)28)36(34,35)20-7-4-3-5-8-20/h3-14,17H,15-16H2,1-2H3,(H,29,33). The Hall–Kier alpha value is -2.78. The minimum absolute atomic E-state index is 0.0185. The molecule has 0 spiro atoms. The zero-order valence-corrected chi connectivity index (χ0v) is 22.6. The highest BCUT2D eigenvalue weighted by Gasteiger charge is 2.33. The average Bonchev–Trinajstić information content (AvgIpc) is 2.88. The molecule has 3 aromatic rings. The number of likely N-dealkylation sites (N-methyl/N-ethyl adjacent to an activating group) is 1. The summed E-state index contributed by atoms with van der Waals surface area (Å²) < 4.78 is 28.2. The maximum absolute atomic E-state index is 13.7. The van der Waals surface area contributed by atoms with E-state index in [-0.39, 0.29) is 27.2 Å². The van der Waals surface area contributed by atoms with E-state index in [4.69, 9.17) is 34.8 Å². The molecule has 1 atom stereocenters. The molecule has 0 aliphatic rings. The van der Waals surface area contributed by atoms with Gasteiger partial charge >= 0.3 is 0 Å². The number of hydrogen-bond donors (Lipinski definition) is 1. The molecule has 36 heavy (non-hydrogen) atoms. The van der Waals surface area contributed by atoms with Gasteiger partial charge in [0.1, 0.15) is 12.6 Å². The van der Waals surface area contributed by atoms with Gasteiger partial charge in [-0.3, -0.25) is 13.9 Å². The van der Waals surface area contributed by atoms with Crippen LogP contribution < -0.4 is 9.62 Å². The fraction of sp³-hybridized carbons (Fsp3) is 0.200. The van der Waals surface area contributed by atoms with Crippen molar-refractivity contribution < 1.29 is 18.0 Å².